The standard InChI is InChI=1S/C18H22N4O4/c1-10(2)26-17(23)15-11(3)21-18-19-9-20-22(18)16(15)13-8-12(24-4)6-7-14(13)25-5/h6-10,16H,1-5H3,(H,19,20,21)/t16-/m1/s1. The molecule has 0 amide bonds. The van der Waals surface area contributed by atoms with Crippen LogP contribution in [-0.2, 0) is 9.53 Å². The van der Waals surface area contributed by atoms with Crippen molar-refractivity contribution in [1.29, 1.82) is 0 Å². The summed E-state index contributed by atoms with van der Waals surface area (Å²) in [6.07, 6.45) is 1.19. The quantitative estimate of drug-likeness (QED) is 0.822. The van der Waals surface area contributed by atoms with Crippen LogP contribution in [0.3, 0.4) is 0 Å². The number of carbonyl (C=O) groups is 1. The van der Waals surface area contributed by atoms with Crippen LogP contribution in [0.15, 0.2) is 35.8 Å². The van der Waals surface area contributed by atoms with Gasteiger partial charge in [-0.3, -0.25) is 0 Å². The van der Waals surface area contributed by atoms with Crippen molar-refractivity contribution in [2.75, 3.05) is 19.5 Å². The van der Waals surface area contributed by atoms with Crippen molar-refractivity contribution in [2.24, 2.45) is 0 Å². The third kappa shape index (κ3) is 3.10. The van der Waals surface area contributed by atoms with Gasteiger partial charge in [-0.05, 0) is 39.0 Å². The first-order valence-corrected chi connectivity index (χ1v) is 8.26. The molecule has 1 aliphatic rings. The zero-order valence-corrected chi connectivity index (χ0v) is 15.4. The minimum absolute atomic E-state index is 0.243. The maximum atomic E-state index is 12.8. The molecule has 0 aliphatic carbocycles. The third-order valence-electron chi connectivity index (χ3n) is 4.09. The minimum Gasteiger partial charge on any atom is -0.497 e. The minimum atomic E-state index is -0.551. The lowest BCUT2D eigenvalue weighted by Crippen LogP contribution is -2.30. The number of benzene rings is 1. The van der Waals surface area contributed by atoms with Gasteiger partial charge in [-0.1, -0.05) is 0 Å². The van der Waals surface area contributed by atoms with Gasteiger partial charge in [0.05, 0.1) is 25.9 Å². The van der Waals surface area contributed by atoms with E-state index in [1.165, 1.54) is 6.33 Å². The van der Waals surface area contributed by atoms with Crippen LogP contribution in [0, 0.1) is 0 Å². The number of methoxy groups -OCH3 is 2. The van der Waals surface area contributed by atoms with E-state index in [1.807, 2.05) is 26.8 Å². The maximum Gasteiger partial charge on any atom is 0.338 e. The van der Waals surface area contributed by atoms with Gasteiger partial charge in [-0.15, -0.1) is 0 Å². The first kappa shape index (κ1) is 17.8. The highest BCUT2D eigenvalue weighted by molar-refractivity contribution is 5.92. The van der Waals surface area contributed by atoms with Crippen LogP contribution in [0.25, 0.3) is 0 Å². The molecule has 0 radical (unpaired) electrons. The van der Waals surface area contributed by atoms with E-state index in [1.54, 1.807) is 31.0 Å². The fourth-order valence-electron chi connectivity index (χ4n) is 2.97. The number of hydrogen-bond acceptors (Lipinski definition) is 7. The summed E-state index contributed by atoms with van der Waals surface area (Å²) in [5, 5.41) is 7.40. The second kappa shape index (κ2) is 7.07. The Bertz CT molecular complexity index is 857. The summed E-state index contributed by atoms with van der Waals surface area (Å²) in [6, 6.07) is 4.88. The summed E-state index contributed by atoms with van der Waals surface area (Å²) in [5.74, 6) is 1.39. The molecule has 0 saturated carbocycles. The van der Waals surface area contributed by atoms with E-state index < -0.39 is 12.0 Å². The number of nitrogens with zero attached hydrogens (tertiary/aromatic N) is 3. The van der Waals surface area contributed by atoms with Gasteiger partial charge in [-0.2, -0.15) is 10.1 Å². The van der Waals surface area contributed by atoms with Crippen LogP contribution >= 0.6 is 0 Å². The zero-order valence-electron chi connectivity index (χ0n) is 15.4. The number of nitrogens with one attached hydrogen (secondary N) is 1. The van der Waals surface area contributed by atoms with E-state index in [0.717, 1.165) is 5.56 Å². The third-order valence-corrected chi connectivity index (χ3v) is 4.09. The topological polar surface area (TPSA) is 87.5 Å². The van der Waals surface area contributed by atoms with Gasteiger partial charge in [0, 0.05) is 11.3 Å². The fourth-order valence-corrected chi connectivity index (χ4v) is 2.97. The van der Waals surface area contributed by atoms with Gasteiger partial charge in [0.25, 0.3) is 0 Å². The molecule has 3 rings (SSSR count). The summed E-state index contributed by atoms with van der Waals surface area (Å²) in [6.45, 7) is 5.44. The van der Waals surface area contributed by atoms with E-state index in [-0.39, 0.29) is 6.10 Å². The lowest BCUT2D eigenvalue weighted by Gasteiger charge is -2.29. The lowest BCUT2D eigenvalue weighted by atomic mass is 9.94. The molecule has 8 heteroatoms. The summed E-state index contributed by atoms with van der Waals surface area (Å²) in [7, 11) is 3.17. The molecule has 1 N–H and O–H groups in total. The molecule has 138 valence electrons. The maximum absolute atomic E-state index is 12.8. The predicted octanol–water partition coefficient (Wildman–Crippen LogP) is 2.54. The molecule has 0 fully saturated rings. The first-order valence-electron chi connectivity index (χ1n) is 8.26. The van der Waals surface area contributed by atoms with E-state index in [2.05, 4.69) is 15.4 Å². The monoisotopic (exact) mass is 358 g/mol. The van der Waals surface area contributed by atoms with Crippen molar-refractivity contribution in [2.45, 2.75) is 32.9 Å². The van der Waals surface area contributed by atoms with Gasteiger partial charge >= 0.3 is 5.97 Å². The van der Waals surface area contributed by atoms with Crippen molar-refractivity contribution in [3.05, 3.63) is 41.4 Å². The van der Waals surface area contributed by atoms with Crippen molar-refractivity contribution in [3.63, 3.8) is 0 Å². The highest BCUT2D eigenvalue weighted by atomic mass is 16.5. The van der Waals surface area contributed by atoms with E-state index in [4.69, 9.17) is 14.2 Å². The first-order chi connectivity index (χ1) is 12.5. The Hall–Kier alpha value is -3.03. The average molecular weight is 358 g/mol. The van der Waals surface area contributed by atoms with E-state index >= 15 is 0 Å². The van der Waals surface area contributed by atoms with Crippen molar-refractivity contribution in [3.8, 4) is 11.5 Å². The number of carbonyl (C=O) groups excluding carboxylic acids is 1. The van der Waals surface area contributed by atoms with Gasteiger partial charge in [-0.25, -0.2) is 9.48 Å². The number of rotatable bonds is 5. The van der Waals surface area contributed by atoms with E-state index in [9.17, 15) is 4.79 Å². The lowest BCUT2D eigenvalue weighted by molar-refractivity contribution is -0.143. The van der Waals surface area contributed by atoms with E-state index in [0.29, 0.717) is 28.7 Å². The molecule has 0 bridgehead atoms. The Morgan fingerprint density at radius 3 is 2.69 bits per heavy atom. The largest absolute Gasteiger partial charge is 0.497 e. The van der Waals surface area contributed by atoms with Crippen molar-refractivity contribution in [1.82, 2.24) is 14.8 Å². The van der Waals surface area contributed by atoms with Gasteiger partial charge in [0.15, 0.2) is 0 Å². The summed E-state index contributed by atoms with van der Waals surface area (Å²) in [4.78, 5) is 17.1. The number of allylic oxidation sites excluding steroid dienone is 1. The van der Waals surface area contributed by atoms with Crippen LogP contribution < -0.4 is 14.8 Å². The summed E-state index contributed by atoms with van der Waals surface area (Å²) >= 11 is 0. The molecule has 0 spiro atoms. The number of esters is 1. The summed E-state index contributed by atoms with van der Waals surface area (Å²) < 4.78 is 18.0. The number of hydrogen-bond donors (Lipinski definition) is 1. The zero-order chi connectivity index (χ0) is 18.8. The van der Waals surface area contributed by atoms with Gasteiger partial charge < -0.3 is 19.5 Å². The molecule has 2 heterocycles. The Morgan fingerprint density at radius 2 is 2.04 bits per heavy atom. The van der Waals surface area contributed by atoms with Crippen LogP contribution in [0.5, 0.6) is 11.5 Å². The predicted molar refractivity (Wildman–Crippen MR) is 95.3 cm³/mol. The Balaban J connectivity index is 2.20. The highest BCUT2D eigenvalue weighted by Crippen LogP contribution is 2.40. The number of aromatic nitrogens is 3. The normalized spacial score (nSPS) is 16.2. The summed E-state index contributed by atoms with van der Waals surface area (Å²) in [5.41, 5.74) is 1.84. The molecule has 1 aromatic heterocycles. The molecule has 0 unspecified atom stereocenters. The molecular formula is C18H22N4O4. The fraction of sp³-hybridized carbons (Fsp3) is 0.389. The molecule has 2 aromatic rings. The molecule has 1 aliphatic heterocycles. The van der Waals surface area contributed by atoms with Crippen LogP contribution in [-0.4, -0.2) is 41.1 Å². The van der Waals surface area contributed by atoms with Crippen LogP contribution in [0.1, 0.15) is 32.4 Å². The van der Waals surface area contributed by atoms with Crippen LogP contribution in [0.2, 0.25) is 0 Å². The Morgan fingerprint density at radius 1 is 1.27 bits per heavy atom. The molecule has 0 saturated heterocycles. The van der Waals surface area contributed by atoms with Gasteiger partial charge in [0.1, 0.15) is 23.9 Å². The van der Waals surface area contributed by atoms with Crippen molar-refractivity contribution >= 4 is 11.9 Å². The molecule has 1 atom stereocenters. The molecule has 1 aromatic carbocycles. The smallest absolute Gasteiger partial charge is 0.338 e. The van der Waals surface area contributed by atoms with Crippen molar-refractivity contribution < 1.29 is 19.0 Å². The highest BCUT2D eigenvalue weighted by Gasteiger charge is 2.36. The Kier molecular flexibility index (Phi) is 4.83. The second-order valence-corrected chi connectivity index (χ2v) is 6.16. The van der Waals surface area contributed by atoms with Gasteiger partial charge in [0.2, 0.25) is 5.95 Å². The molecule has 26 heavy (non-hydrogen) atoms. The number of fused-ring (bicyclic) bond motifs is 1. The average Bonchev–Trinajstić information content (AvgIpc) is 3.07. The van der Waals surface area contributed by atoms with Crippen LogP contribution in [0.4, 0.5) is 5.95 Å². The number of anilines is 1. The molecule has 8 nitrogen and oxygen atoms in total. The molecular weight excluding hydrogens is 336 g/mol. The number of ether oxygens (including phenoxy) is 3. The SMILES string of the molecule is COc1ccc(OC)c([C@@H]2C(C(=O)OC(C)C)=C(C)Nc3ncnn32)c1. The Labute approximate surface area is 151 Å². The second-order valence-electron chi connectivity index (χ2n) is 6.16.